The Kier molecular flexibility index (Phi) is 4.55. The summed E-state index contributed by atoms with van der Waals surface area (Å²) in [7, 11) is -3.79. The summed E-state index contributed by atoms with van der Waals surface area (Å²) < 4.78 is 26.8. The fourth-order valence-electron chi connectivity index (χ4n) is 1.59. The van der Waals surface area contributed by atoms with Gasteiger partial charge in [0.1, 0.15) is 0 Å². The Bertz CT molecular complexity index is 732. The first-order chi connectivity index (χ1) is 9.42. The molecule has 0 fully saturated rings. The van der Waals surface area contributed by atoms with E-state index in [0.717, 1.165) is 0 Å². The van der Waals surface area contributed by atoms with E-state index in [0.29, 0.717) is 10.6 Å². The Hall–Kier alpha value is -1.27. The van der Waals surface area contributed by atoms with Crippen LogP contribution in [0.25, 0.3) is 0 Å². The summed E-state index contributed by atoms with van der Waals surface area (Å²) in [5.41, 5.74) is 0.707. The highest BCUT2D eigenvalue weighted by Crippen LogP contribution is 2.27. The molecule has 0 aliphatic rings. The Morgan fingerprint density at radius 2 is 1.85 bits per heavy atom. The second-order valence-electron chi connectivity index (χ2n) is 4.04. The first-order valence-electron chi connectivity index (χ1n) is 5.60. The number of hydrogen-bond acceptors (Lipinski definition) is 3. The van der Waals surface area contributed by atoms with Gasteiger partial charge in [0.05, 0.1) is 22.2 Å². The number of aliphatic hydroxyl groups is 1. The molecular formula is C13H11Cl2NO3S. The van der Waals surface area contributed by atoms with E-state index in [9.17, 15) is 8.42 Å². The molecule has 2 N–H and O–H groups in total. The number of nitrogens with one attached hydrogen (secondary N) is 1. The maximum absolute atomic E-state index is 12.2. The third-order valence-corrected chi connectivity index (χ3v) is 4.49. The van der Waals surface area contributed by atoms with Crippen LogP contribution in [0.2, 0.25) is 10.0 Å². The fourth-order valence-corrected chi connectivity index (χ4v) is 3.12. The molecule has 0 atom stereocenters. The molecule has 7 heteroatoms. The zero-order valence-electron chi connectivity index (χ0n) is 10.2. The van der Waals surface area contributed by atoms with Crippen molar-refractivity contribution in [3.8, 4) is 0 Å². The smallest absolute Gasteiger partial charge is 0.261 e. The van der Waals surface area contributed by atoms with Crippen molar-refractivity contribution in [3.05, 3.63) is 58.1 Å². The largest absolute Gasteiger partial charge is 0.392 e. The number of sulfonamides is 1. The van der Waals surface area contributed by atoms with E-state index in [4.69, 9.17) is 28.3 Å². The fraction of sp³-hybridized carbons (Fsp3) is 0.0769. The monoisotopic (exact) mass is 331 g/mol. The van der Waals surface area contributed by atoms with Gasteiger partial charge in [-0.2, -0.15) is 0 Å². The van der Waals surface area contributed by atoms with Crippen LogP contribution in [-0.4, -0.2) is 13.5 Å². The van der Waals surface area contributed by atoms with Crippen LogP contribution in [0.1, 0.15) is 5.56 Å². The van der Waals surface area contributed by atoms with E-state index in [1.54, 1.807) is 18.2 Å². The summed E-state index contributed by atoms with van der Waals surface area (Å²) >= 11 is 11.7. The number of anilines is 1. The van der Waals surface area contributed by atoms with Gasteiger partial charge in [0.25, 0.3) is 10.0 Å². The van der Waals surface area contributed by atoms with Crippen LogP contribution in [-0.2, 0) is 16.6 Å². The van der Waals surface area contributed by atoms with Crippen molar-refractivity contribution < 1.29 is 13.5 Å². The molecule has 0 aliphatic carbocycles. The van der Waals surface area contributed by atoms with Crippen LogP contribution in [0.5, 0.6) is 0 Å². The Morgan fingerprint density at radius 3 is 2.55 bits per heavy atom. The average molecular weight is 332 g/mol. The van der Waals surface area contributed by atoms with Crippen molar-refractivity contribution in [1.82, 2.24) is 0 Å². The van der Waals surface area contributed by atoms with Gasteiger partial charge in [0.15, 0.2) is 0 Å². The number of rotatable bonds is 4. The molecule has 2 aromatic rings. The molecule has 20 heavy (non-hydrogen) atoms. The molecule has 4 nitrogen and oxygen atoms in total. The van der Waals surface area contributed by atoms with Crippen molar-refractivity contribution in [3.63, 3.8) is 0 Å². The first-order valence-corrected chi connectivity index (χ1v) is 7.84. The highest BCUT2D eigenvalue weighted by molar-refractivity contribution is 7.92. The van der Waals surface area contributed by atoms with Crippen LogP contribution >= 0.6 is 23.2 Å². The number of hydrogen-bond donors (Lipinski definition) is 2. The molecular weight excluding hydrogens is 321 g/mol. The molecule has 2 rings (SSSR count). The van der Waals surface area contributed by atoms with Crippen molar-refractivity contribution in [2.24, 2.45) is 0 Å². The van der Waals surface area contributed by atoms with Gasteiger partial charge in [-0.05, 0) is 35.9 Å². The highest BCUT2D eigenvalue weighted by atomic mass is 35.5. The molecule has 2 aromatic carbocycles. The second kappa shape index (κ2) is 6.01. The topological polar surface area (TPSA) is 66.4 Å². The molecule has 106 valence electrons. The van der Waals surface area contributed by atoms with Crippen molar-refractivity contribution in [1.29, 1.82) is 0 Å². The SMILES string of the molecule is O=S(=O)(Nc1cc(Cl)ccc1Cl)c1cccc(CO)c1. The van der Waals surface area contributed by atoms with E-state index in [1.807, 2.05) is 0 Å². The Labute approximate surface area is 127 Å². The van der Waals surface area contributed by atoms with Gasteiger partial charge in [-0.25, -0.2) is 8.42 Å². The minimum atomic E-state index is -3.79. The zero-order valence-corrected chi connectivity index (χ0v) is 12.5. The van der Waals surface area contributed by atoms with Crippen LogP contribution < -0.4 is 4.72 Å². The van der Waals surface area contributed by atoms with Crippen LogP contribution in [0, 0.1) is 0 Å². The number of halogens is 2. The molecule has 0 bridgehead atoms. The van der Waals surface area contributed by atoms with Crippen LogP contribution in [0.4, 0.5) is 5.69 Å². The first kappa shape index (κ1) is 15.1. The molecule has 0 saturated heterocycles. The molecule has 0 aliphatic heterocycles. The van der Waals surface area contributed by atoms with Gasteiger partial charge < -0.3 is 5.11 Å². The van der Waals surface area contributed by atoms with Crippen LogP contribution in [0.15, 0.2) is 47.4 Å². The summed E-state index contributed by atoms with van der Waals surface area (Å²) in [5.74, 6) is 0. The van der Waals surface area contributed by atoms with Gasteiger partial charge in [0, 0.05) is 5.02 Å². The van der Waals surface area contributed by atoms with E-state index < -0.39 is 10.0 Å². The molecule has 0 radical (unpaired) electrons. The predicted octanol–water partition coefficient (Wildman–Crippen LogP) is 3.29. The third-order valence-electron chi connectivity index (χ3n) is 2.56. The van der Waals surface area contributed by atoms with Gasteiger partial charge in [-0.3, -0.25) is 4.72 Å². The van der Waals surface area contributed by atoms with Crippen molar-refractivity contribution in [2.75, 3.05) is 4.72 Å². The van der Waals surface area contributed by atoms with Gasteiger partial charge >= 0.3 is 0 Å². The molecule has 0 heterocycles. The molecule has 0 unspecified atom stereocenters. The third kappa shape index (κ3) is 3.43. The summed E-state index contributed by atoms with van der Waals surface area (Å²) in [6.45, 7) is -0.235. The average Bonchev–Trinajstić information content (AvgIpc) is 2.43. The van der Waals surface area contributed by atoms with Crippen LogP contribution in [0.3, 0.4) is 0 Å². The minimum Gasteiger partial charge on any atom is -0.392 e. The maximum atomic E-state index is 12.2. The Morgan fingerprint density at radius 1 is 1.10 bits per heavy atom. The number of aliphatic hydroxyl groups excluding tert-OH is 1. The predicted molar refractivity (Wildman–Crippen MR) is 79.6 cm³/mol. The lowest BCUT2D eigenvalue weighted by molar-refractivity contribution is 0.281. The molecule has 0 aromatic heterocycles. The molecule has 0 amide bonds. The van der Waals surface area contributed by atoms with Gasteiger partial charge in [0.2, 0.25) is 0 Å². The lowest BCUT2D eigenvalue weighted by Crippen LogP contribution is -2.13. The highest BCUT2D eigenvalue weighted by Gasteiger charge is 2.16. The van der Waals surface area contributed by atoms with E-state index >= 15 is 0 Å². The lowest BCUT2D eigenvalue weighted by Gasteiger charge is -2.10. The van der Waals surface area contributed by atoms with Crippen molar-refractivity contribution >= 4 is 38.9 Å². The molecule has 0 spiro atoms. The lowest BCUT2D eigenvalue weighted by atomic mass is 10.2. The quantitative estimate of drug-likeness (QED) is 0.903. The Balaban J connectivity index is 2.38. The summed E-state index contributed by atoms with van der Waals surface area (Å²) in [6, 6.07) is 10.5. The summed E-state index contributed by atoms with van der Waals surface area (Å²) in [4.78, 5) is 0.0418. The molecule has 0 saturated carbocycles. The summed E-state index contributed by atoms with van der Waals surface area (Å²) in [6.07, 6.45) is 0. The summed E-state index contributed by atoms with van der Waals surface area (Å²) in [5, 5.41) is 9.66. The van der Waals surface area contributed by atoms with E-state index in [1.165, 1.54) is 24.3 Å². The second-order valence-corrected chi connectivity index (χ2v) is 6.56. The standard InChI is InChI=1S/C13H11Cl2NO3S/c14-10-4-5-12(15)13(7-10)16-20(18,19)11-3-1-2-9(6-11)8-17/h1-7,16-17H,8H2. The number of benzene rings is 2. The minimum absolute atomic E-state index is 0.0418. The van der Waals surface area contributed by atoms with Crippen molar-refractivity contribution in [2.45, 2.75) is 11.5 Å². The maximum Gasteiger partial charge on any atom is 0.261 e. The van der Waals surface area contributed by atoms with E-state index in [2.05, 4.69) is 4.72 Å². The van der Waals surface area contributed by atoms with E-state index in [-0.39, 0.29) is 22.2 Å². The normalized spacial score (nSPS) is 11.3. The van der Waals surface area contributed by atoms with Gasteiger partial charge in [-0.1, -0.05) is 35.3 Å². The zero-order chi connectivity index (χ0) is 14.8. The van der Waals surface area contributed by atoms with Gasteiger partial charge in [-0.15, -0.1) is 0 Å².